The third-order valence-corrected chi connectivity index (χ3v) is 2.68. The number of carboxylic acid groups (broad SMARTS) is 1. The van der Waals surface area contributed by atoms with Crippen molar-refractivity contribution in [1.29, 1.82) is 0 Å². The van der Waals surface area contributed by atoms with E-state index in [4.69, 9.17) is 5.11 Å². The maximum Gasteiger partial charge on any atom is 0.417 e. The minimum atomic E-state index is -1.66. The number of esters is 1. The minimum absolute atomic E-state index is 0.180. The van der Waals surface area contributed by atoms with E-state index in [-0.39, 0.29) is 6.61 Å². The molecule has 1 aliphatic heterocycles. The van der Waals surface area contributed by atoms with Crippen LogP contribution in [0.15, 0.2) is 0 Å². The Balaban J connectivity index is 2.57. The number of aliphatic hydroxyl groups is 1. The first-order chi connectivity index (χ1) is 8.43. The van der Waals surface area contributed by atoms with Crippen molar-refractivity contribution in [3.05, 3.63) is 0 Å². The Hall–Kier alpha value is -1.67. The van der Waals surface area contributed by atoms with Gasteiger partial charge in [-0.15, -0.1) is 0 Å². The van der Waals surface area contributed by atoms with E-state index >= 15 is 0 Å². The molecule has 4 N–H and O–H groups in total. The van der Waals surface area contributed by atoms with E-state index < -0.39 is 30.0 Å². The Bertz CT molecular complexity index is 343. The molecular formula is C10H17N2O6+. The summed E-state index contributed by atoms with van der Waals surface area (Å²) in [5, 5.41) is 19.6. The van der Waals surface area contributed by atoms with Crippen LogP contribution in [0.25, 0.3) is 0 Å². The van der Waals surface area contributed by atoms with Crippen molar-refractivity contribution in [3.63, 3.8) is 0 Å². The number of quaternary nitrogens is 1. The van der Waals surface area contributed by atoms with Crippen molar-refractivity contribution >= 4 is 17.8 Å². The van der Waals surface area contributed by atoms with Gasteiger partial charge in [0.2, 0.25) is 0 Å². The SMILES string of the molecule is CC(O)C(=O)N1CC[NH2+]CC1COC(=O)C(=O)O. The third kappa shape index (κ3) is 3.67. The fourth-order valence-corrected chi connectivity index (χ4v) is 1.77. The lowest BCUT2D eigenvalue weighted by Crippen LogP contribution is -2.92. The Morgan fingerprint density at radius 3 is 2.72 bits per heavy atom. The second kappa shape index (κ2) is 6.31. The summed E-state index contributed by atoms with van der Waals surface area (Å²) >= 11 is 0. The Morgan fingerprint density at radius 2 is 2.17 bits per heavy atom. The van der Waals surface area contributed by atoms with Gasteiger partial charge in [0.1, 0.15) is 18.8 Å². The topological polar surface area (TPSA) is 121 Å². The zero-order valence-corrected chi connectivity index (χ0v) is 10.0. The van der Waals surface area contributed by atoms with Crippen LogP contribution < -0.4 is 5.32 Å². The molecule has 18 heavy (non-hydrogen) atoms. The number of carbonyl (C=O) groups excluding carboxylic acids is 2. The van der Waals surface area contributed by atoms with Crippen LogP contribution in [0, 0.1) is 0 Å². The second-order valence-electron chi connectivity index (χ2n) is 4.08. The van der Waals surface area contributed by atoms with Gasteiger partial charge in [-0.2, -0.15) is 0 Å². The number of aliphatic hydroxyl groups excluding tert-OH is 1. The number of nitrogens with two attached hydrogens (primary N) is 1. The number of piperazine rings is 1. The van der Waals surface area contributed by atoms with E-state index in [0.29, 0.717) is 19.6 Å². The third-order valence-electron chi connectivity index (χ3n) is 2.68. The number of hydrogen-bond donors (Lipinski definition) is 3. The molecule has 102 valence electrons. The van der Waals surface area contributed by atoms with Gasteiger partial charge in [-0.05, 0) is 6.92 Å². The lowest BCUT2D eigenvalue weighted by atomic mass is 10.2. The summed E-state index contributed by atoms with van der Waals surface area (Å²) in [5.74, 6) is -3.45. The lowest BCUT2D eigenvalue weighted by molar-refractivity contribution is -0.668. The predicted molar refractivity (Wildman–Crippen MR) is 57.4 cm³/mol. The molecule has 1 fully saturated rings. The van der Waals surface area contributed by atoms with Gasteiger partial charge in [-0.25, -0.2) is 9.59 Å². The first-order valence-electron chi connectivity index (χ1n) is 5.63. The molecule has 0 aromatic heterocycles. The number of ether oxygens (including phenoxy) is 1. The summed E-state index contributed by atoms with van der Waals surface area (Å²) in [4.78, 5) is 34.2. The van der Waals surface area contributed by atoms with E-state index in [1.807, 2.05) is 5.32 Å². The minimum Gasteiger partial charge on any atom is -0.473 e. The molecule has 0 aliphatic carbocycles. The van der Waals surface area contributed by atoms with Crippen LogP contribution in [0.3, 0.4) is 0 Å². The highest BCUT2D eigenvalue weighted by Crippen LogP contribution is 2.04. The van der Waals surface area contributed by atoms with E-state index in [1.54, 1.807) is 0 Å². The van der Waals surface area contributed by atoms with Crippen molar-refractivity contribution < 1.29 is 34.7 Å². The van der Waals surface area contributed by atoms with Gasteiger partial charge in [0.05, 0.1) is 19.6 Å². The molecule has 1 saturated heterocycles. The summed E-state index contributed by atoms with van der Waals surface area (Å²) in [6.07, 6.45) is -1.12. The van der Waals surface area contributed by atoms with Crippen LogP contribution >= 0.6 is 0 Å². The summed E-state index contributed by atoms with van der Waals surface area (Å²) in [6.45, 7) is 2.81. The van der Waals surface area contributed by atoms with Gasteiger partial charge in [0.15, 0.2) is 0 Å². The summed E-state index contributed by atoms with van der Waals surface area (Å²) in [7, 11) is 0. The number of hydrogen-bond acceptors (Lipinski definition) is 5. The van der Waals surface area contributed by atoms with Crippen molar-refractivity contribution in [2.75, 3.05) is 26.2 Å². The van der Waals surface area contributed by atoms with Gasteiger partial charge in [-0.1, -0.05) is 0 Å². The first kappa shape index (κ1) is 14.4. The van der Waals surface area contributed by atoms with Gasteiger partial charge < -0.3 is 25.2 Å². The fraction of sp³-hybridized carbons (Fsp3) is 0.700. The molecule has 0 aromatic rings. The Kier molecular flexibility index (Phi) is 5.05. The molecule has 0 spiro atoms. The number of rotatable bonds is 3. The largest absolute Gasteiger partial charge is 0.473 e. The van der Waals surface area contributed by atoms with Crippen LogP contribution in [0.1, 0.15) is 6.92 Å². The Labute approximate surface area is 104 Å². The van der Waals surface area contributed by atoms with Gasteiger partial charge in [0.25, 0.3) is 5.91 Å². The molecule has 8 nitrogen and oxygen atoms in total. The Morgan fingerprint density at radius 1 is 1.50 bits per heavy atom. The van der Waals surface area contributed by atoms with Crippen molar-refractivity contribution in [2.24, 2.45) is 0 Å². The average Bonchev–Trinajstić information content (AvgIpc) is 2.35. The van der Waals surface area contributed by atoms with Gasteiger partial charge in [-0.3, -0.25) is 4.79 Å². The summed E-state index contributed by atoms with van der Waals surface area (Å²) < 4.78 is 4.57. The van der Waals surface area contributed by atoms with Crippen LogP contribution in [0.2, 0.25) is 0 Å². The van der Waals surface area contributed by atoms with Crippen LogP contribution in [-0.4, -0.2) is 71.3 Å². The lowest BCUT2D eigenvalue weighted by Gasteiger charge is -2.34. The molecule has 1 aliphatic rings. The van der Waals surface area contributed by atoms with Crippen LogP contribution in [-0.2, 0) is 19.1 Å². The zero-order chi connectivity index (χ0) is 13.7. The standard InChI is InChI=1S/C10H16N2O6/c1-6(13)8(14)12-3-2-11-4-7(12)5-18-10(17)9(15)16/h6-7,11,13H,2-5H2,1H3,(H,15,16)/p+1. The van der Waals surface area contributed by atoms with Crippen LogP contribution in [0.5, 0.6) is 0 Å². The van der Waals surface area contributed by atoms with E-state index in [2.05, 4.69) is 4.74 Å². The van der Waals surface area contributed by atoms with Crippen molar-refractivity contribution in [1.82, 2.24) is 4.90 Å². The maximum atomic E-state index is 11.7. The fourth-order valence-electron chi connectivity index (χ4n) is 1.77. The number of carboxylic acids is 1. The highest BCUT2D eigenvalue weighted by molar-refractivity contribution is 6.28. The highest BCUT2D eigenvalue weighted by atomic mass is 16.6. The number of carbonyl (C=O) groups is 3. The number of aliphatic carboxylic acids is 1. The zero-order valence-electron chi connectivity index (χ0n) is 10.0. The van der Waals surface area contributed by atoms with E-state index in [9.17, 15) is 19.5 Å². The smallest absolute Gasteiger partial charge is 0.417 e. The molecule has 0 saturated carbocycles. The molecule has 1 amide bonds. The molecule has 1 rings (SSSR count). The molecule has 1 heterocycles. The average molecular weight is 261 g/mol. The molecule has 8 heteroatoms. The normalized spacial score (nSPS) is 21.2. The first-order valence-corrected chi connectivity index (χ1v) is 5.63. The van der Waals surface area contributed by atoms with E-state index in [0.717, 1.165) is 0 Å². The number of nitrogens with zero attached hydrogens (tertiary/aromatic N) is 1. The van der Waals surface area contributed by atoms with Crippen molar-refractivity contribution in [3.8, 4) is 0 Å². The molecule has 0 bridgehead atoms. The quantitative estimate of drug-likeness (QED) is 0.363. The van der Waals surface area contributed by atoms with Gasteiger partial charge in [0, 0.05) is 0 Å². The highest BCUT2D eigenvalue weighted by Gasteiger charge is 2.32. The van der Waals surface area contributed by atoms with Crippen molar-refractivity contribution in [2.45, 2.75) is 19.1 Å². The molecule has 2 atom stereocenters. The summed E-state index contributed by atoms with van der Waals surface area (Å²) in [5.41, 5.74) is 0. The molecule has 2 unspecified atom stereocenters. The van der Waals surface area contributed by atoms with Crippen LogP contribution in [0.4, 0.5) is 0 Å². The monoisotopic (exact) mass is 261 g/mol. The van der Waals surface area contributed by atoms with E-state index in [1.165, 1.54) is 11.8 Å². The molecular weight excluding hydrogens is 244 g/mol. The second-order valence-corrected chi connectivity index (χ2v) is 4.08. The number of amides is 1. The molecule has 0 aromatic carbocycles. The summed E-state index contributed by atoms with van der Waals surface area (Å²) in [6, 6.07) is -0.413. The molecule has 0 radical (unpaired) electrons. The van der Waals surface area contributed by atoms with Gasteiger partial charge >= 0.3 is 11.9 Å². The maximum absolute atomic E-state index is 11.7. The predicted octanol–water partition coefficient (Wildman–Crippen LogP) is -3.23.